The van der Waals surface area contributed by atoms with Gasteiger partial charge in [0.05, 0.1) is 0 Å². The zero-order valence-corrected chi connectivity index (χ0v) is 13.9. The lowest BCUT2D eigenvalue weighted by molar-refractivity contribution is 1.37. The molecule has 0 aliphatic heterocycles. The molecule has 0 saturated heterocycles. The number of hydrogen-bond donors (Lipinski definition) is 0. The van der Waals surface area contributed by atoms with Crippen molar-refractivity contribution < 1.29 is 0 Å². The predicted molar refractivity (Wildman–Crippen MR) is 102 cm³/mol. The number of rotatable bonds is 3. The van der Waals surface area contributed by atoms with Crippen LogP contribution in [0.1, 0.15) is 11.1 Å². The quantitative estimate of drug-likeness (QED) is 0.303. The van der Waals surface area contributed by atoms with Crippen LogP contribution < -0.4 is 0 Å². The maximum atomic E-state index is 2.30. The van der Waals surface area contributed by atoms with Crippen molar-refractivity contribution in [3.05, 3.63) is 90.0 Å². The standard InChI is InChI=1S/C22H18S/c1-16-10-12-19(13-11-16)23-15-22-20-8-4-2-6-17(20)14-18-7-3-5-9-21(18)22/h2-14H,15H2,1H3. The molecule has 0 N–H and O–H groups in total. The summed E-state index contributed by atoms with van der Waals surface area (Å²) in [6.45, 7) is 2.13. The third kappa shape index (κ3) is 2.85. The van der Waals surface area contributed by atoms with Crippen molar-refractivity contribution in [2.45, 2.75) is 17.6 Å². The molecule has 0 heterocycles. The first kappa shape index (κ1) is 14.3. The molecular formula is C22H18S. The van der Waals surface area contributed by atoms with Gasteiger partial charge in [0, 0.05) is 10.6 Å². The molecule has 112 valence electrons. The molecule has 0 bridgehead atoms. The summed E-state index contributed by atoms with van der Waals surface area (Å²) in [4.78, 5) is 1.33. The summed E-state index contributed by atoms with van der Waals surface area (Å²) in [5.41, 5.74) is 2.74. The largest absolute Gasteiger partial charge is 0.121 e. The minimum absolute atomic E-state index is 0.991. The van der Waals surface area contributed by atoms with E-state index >= 15 is 0 Å². The smallest absolute Gasteiger partial charge is 0.0244 e. The maximum Gasteiger partial charge on any atom is 0.0244 e. The van der Waals surface area contributed by atoms with E-state index in [0.29, 0.717) is 0 Å². The fourth-order valence-corrected chi connectivity index (χ4v) is 4.00. The highest BCUT2D eigenvalue weighted by Gasteiger charge is 2.07. The van der Waals surface area contributed by atoms with E-state index in [-0.39, 0.29) is 0 Å². The summed E-state index contributed by atoms with van der Waals surface area (Å²) in [7, 11) is 0. The van der Waals surface area contributed by atoms with E-state index < -0.39 is 0 Å². The van der Waals surface area contributed by atoms with Crippen molar-refractivity contribution in [3.63, 3.8) is 0 Å². The van der Waals surface area contributed by atoms with Crippen LogP contribution >= 0.6 is 11.8 Å². The predicted octanol–water partition coefficient (Wildman–Crippen LogP) is 6.59. The molecule has 0 atom stereocenters. The van der Waals surface area contributed by atoms with Crippen LogP contribution in [0.15, 0.2) is 83.8 Å². The molecule has 0 radical (unpaired) electrons. The molecule has 0 spiro atoms. The van der Waals surface area contributed by atoms with Crippen LogP contribution in [-0.2, 0) is 5.75 Å². The van der Waals surface area contributed by atoms with Crippen LogP contribution in [-0.4, -0.2) is 0 Å². The van der Waals surface area contributed by atoms with E-state index in [1.54, 1.807) is 0 Å². The maximum absolute atomic E-state index is 2.30. The van der Waals surface area contributed by atoms with Crippen molar-refractivity contribution >= 4 is 33.3 Å². The third-order valence-electron chi connectivity index (χ3n) is 4.29. The molecule has 1 heteroatoms. The second-order valence-corrected chi connectivity index (χ2v) is 6.95. The Balaban J connectivity index is 1.81. The van der Waals surface area contributed by atoms with E-state index in [1.165, 1.54) is 37.6 Å². The van der Waals surface area contributed by atoms with Crippen molar-refractivity contribution in [3.8, 4) is 0 Å². The van der Waals surface area contributed by atoms with Crippen molar-refractivity contribution in [2.24, 2.45) is 0 Å². The van der Waals surface area contributed by atoms with Crippen LogP contribution in [0.3, 0.4) is 0 Å². The third-order valence-corrected chi connectivity index (χ3v) is 5.33. The number of benzene rings is 4. The Morgan fingerprint density at radius 2 is 1.26 bits per heavy atom. The Hall–Kier alpha value is -2.25. The zero-order chi connectivity index (χ0) is 15.6. The summed E-state index contributed by atoms with van der Waals surface area (Å²) >= 11 is 1.91. The molecule has 0 aromatic heterocycles. The highest BCUT2D eigenvalue weighted by molar-refractivity contribution is 7.98. The average molecular weight is 314 g/mol. The van der Waals surface area contributed by atoms with Crippen molar-refractivity contribution in [1.82, 2.24) is 0 Å². The molecule has 0 unspecified atom stereocenters. The Labute approximate surface area is 141 Å². The van der Waals surface area contributed by atoms with E-state index in [1.807, 2.05) is 11.8 Å². The van der Waals surface area contributed by atoms with Gasteiger partial charge in [-0.3, -0.25) is 0 Å². The molecule has 4 aromatic rings. The molecule has 0 fully saturated rings. The molecule has 4 rings (SSSR count). The van der Waals surface area contributed by atoms with Gasteiger partial charge in [0.25, 0.3) is 0 Å². The Morgan fingerprint density at radius 3 is 1.87 bits per heavy atom. The fraction of sp³-hybridized carbons (Fsp3) is 0.0909. The highest BCUT2D eigenvalue weighted by atomic mass is 32.2. The lowest BCUT2D eigenvalue weighted by Gasteiger charge is -2.11. The average Bonchev–Trinajstić information content (AvgIpc) is 2.60. The van der Waals surface area contributed by atoms with Gasteiger partial charge in [0.15, 0.2) is 0 Å². The Morgan fingerprint density at radius 1 is 0.696 bits per heavy atom. The van der Waals surface area contributed by atoms with Gasteiger partial charge in [0.2, 0.25) is 0 Å². The molecule has 0 nitrogen and oxygen atoms in total. The van der Waals surface area contributed by atoms with E-state index in [9.17, 15) is 0 Å². The van der Waals surface area contributed by atoms with Gasteiger partial charge in [-0.15, -0.1) is 11.8 Å². The second-order valence-electron chi connectivity index (χ2n) is 5.90. The molecule has 0 saturated carbocycles. The first-order valence-electron chi connectivity index (χ1n) is 7.90. The van der Waals surface area contributed by atoms with Crippen molar-refractivity contribution in [1.29, 1.82) is 0 Å². The highest BCUT2D eigenvalue weighted by Crippen LogP contribution is 2.33. The Bertz CT molecular complexity index is 914. The normalized spacial score (nSPS) is 11.2. The summed E-state index contributed by atoms with van der Waals surface area (Å²) < 4.78 is 0. The van der Waals surface area contributed by atoms with Crippen LogP contribution in [0.25, 0.3) is 21.5 Å². The fourth-order valence-electron chi connectivity index (χ4n) is 3.05. The molecule has 4 aromatic carbocycles. The number of aryl methyl sites for hydroxylation is 1. The topological polar surface area (TPSA) is 0 Å². The van der Waals surface area contributed by atoms with Gasteiger partial charge >= 0.3 is 0 Å². The lowest BCUT2D eigenvalue weighted by atomic mass is 9.98. The van der Waals surface area contributed by atoms with Gasteiger partial charge < -0.3 is 0 Å². The molecule has 0 amide bonds. The summed E-state index contributed by atoms with van der Waals surface area (Å²) in [6.07, 6.45) is 0. The minimum atomic E-state index is 0.991. The first-order valence-corrected chi connectivity index (χ1v) is 8.89. The molecule has 23 heavy (non-hydrogen) atoms. The molecule has 0 aliphatic carbocycles. The van der Waals surface area contributed by atoms with E-state index in [4.69, 9.17) is 0 Å². The molecular weight excluding hydrogens is 296 g/mol. The number of thioether (sulfide) groups is 1. The molecule has 0 aliphatic rings. The van der Waals surface area contributed by atoms with Crippen LogP contribution in [0.2, 0.25) is 0 Å². The Kier molecular flexibility index (Phi) is 3.80. The van der Waals surface area contributed by atoms with Crippen LogP contribution in [0.5, 0.6) is 0 Å². The SMILES string of the molecule is Cc1ccc(SCc2c3ccccc3cc3ccccc23)cc1. The van der Waals surface area contributed by atoms with Gasteiger partial charge in [-0.25, -0.2) is 0 Å². The van der Waals surface area contributed by atoms with Gasteiger partial charge in [-0.05, 0) is 52.2 Å². The summed E-state index contributed by atoms with van der Waals surface area (Å²) in [6, 6.07) is 28.5. The second kappa shape index (κ2) is 6.10. The number of fused-ring (bicyclic) bond motifs is 2. The van der Waals surface area contributed by atoms with Crippen molar-refractivity contribution in [2.75, 3.05) is 0 Å². The number of hydrogen-bond acceptors (Lipinski definition) is 1. The first-order chi connectivity index (χ1) is 11.3. The minimum Gasteiger partial charge on any atom is -0.121 e. The van der Waals surface area contributed by atoms with Crippen LogP contribution in [0, 0.1) is 6.92 Å². The monoisotopic (exact) mass is 314 g/mol. The lowest BCUT2D eigenvalue weighted by Crippen LogP contribution is -1.88. The van der Waals surface area contributed by atoms with E-state index in [2.05, 4.69) is 85.8 Å². The zero-order valence-electron chi connectivity index (χ0n) is 13.1. The van der Waals surface area contributed by atoms with Gasteiger partial charge in [0.1, 0.15) is 0 Å². The van der Waals surface area contributed by atoms with E-state index in [0.717, 1.165) is 5.75 Å². The van der Waals surface area contributed by atoms with Gasteiger partial charge in [-0.1, -0.05) is 66.2 Å². The van der Waals surface area contributed by atoms with Gasteiger partial charge in [-0.2, -0.15) is 0 Å². The summed E-state index contributed by atoms with van der Waals surface area (Å²) in [5, 5.41) is 5.38. The summed E-state index contributed by atoms with van der Waals surface area (Å²) in [5.74, 6) is 0.991. The van der Waals surface area contributed by atoms with Crippen LogP contribution in [0.4, 0.5) is 0 Å².